The van der Waals surface area contributed by atoms with Crippen LogP contribution in [0.3, 0.4) is 0 Å². The number of carboxylic acid groups (broad SMARTS) is 2. The third kappa shape index (κ3) is 7.85. The first kappa shape index (κ1) is 36.6. The molecule has 4 heterocycles. The normalized spacial score (nSPS) is 17.4. The van der Waals surface area contributed by atoms with Crippen molar-refractivity contribution in [1.82, 2.24) is 15.2 Å². The van der Waals surface area contributed by atoms with E-state index in [1.54, 1.807) is 18.2 Å². The zero-order valence-corrected chi connectivity index (χ0v) is 29.8. The number of carbonyl (C=O) groups is 4. The van der Waals surface area contributed by atoms with E-state index in [0.29, 0.717) is 12.1 Å². The lowest BCUT2D eigenvalue weighted by Gasteiger charge is -2.49. The van der Waals surface area contributed by atoms with Gasteiger partial charge in [-0.25, -0.2) is 19.1 Å². The van der Waals surface area contributed by atoms with E-state index < -0.39 is 46.5 Å². The molecule has 2 aromatic carbocycles. The number of aromatic nitrogens is 2. The number of nitrogens with zero attached hydrogens (tertiary/aromatic N) is 4. The number of hydrogen-bond donors (Lipinski definition) is 6. The molecule has 1 fully saturated rings. The van der Waals surface area contributed by atoms with E-state index in [9.17, 15) is 39.6 Å². The first-order chi connectivity index (χ1) is 25.2. The summed E-state index contributed by atoms with van der Waals surface area (Å²) in [6, 6.07) is 15.1. The van der Waals surface area contributed by atoms with Gasteiger partial charge in [-0.15, -0.1) is 23.1 Å². The molecule has 53 heavy (non-hydrogen) atoms. The summed E-state index contributed by atoms with van der Waals surface area (Å²) in [5, 5.41) is 46.0. The number of carboxylic acids is 2. The van der Waals surface area contributed by atoms with Crippen molar-refractivity contribution < 1.29 is 49.0 Å². The van der Waals surface area contributed by atoms with E-state index in [0.717, 1.165) is 38.5 Å². The lowest BCUT2D eigenvalue weighted by atomic mass is 10.0. The number of β-lactam (4-membered cyclic amide) rings is 1. The molecule has 1 saturated heterocycles. The van der Waals surface area contributed by atoms with Gasteiger partial charge in [-0.05, 0) is 48.2 Å². The molecule has 2 atom stereocenters. The average molecular weight is 758 g/mol. The van der Waals surface area contributed by atoms with E-state index >= 15 is 0 Å². The van der Waals surface area contributed by atoms with Gasteiger partial charge in [0.2, 0.25) is 5.60 Å². The molecule has 0 aliphatic carbocycles. The molecule has 4 aromatic rings. The number of allylic oxidation sites excluding steroid dienone is 1. The summed E-state index contributed by atoms with van der Waals surface area (Å²) in [5.41, 5.74) is 7.27. The highest BCUT2D eigenvalue weighted by atomic mass is 32.2. The van der Waals surface area contributed by atoms with Crippen LogP contribution in [0.5, 0.6) is 11.5 Å². The molecule has 0 bridgehead atoms. The number of nitrogens with two attached hydrogens (primary N) is 1. The third-order valence-electron chi connectivity index (χ3n) is 8.37. The largest absolute Gasteiger partial charge is 0.504 e. The van der Waals surface area contributed by atoms with E-state index in [2.05, 4.69) is 15.5 Å². The number of anilines is 1. The van der Waals surface area contributed by atoms with Crippen LogP contribution in [0.25, 0.3) is 17.2 Å². The van der Waals surface area contributed by atoms with Gasteiger partial charge in [0.25, 0.3) is 11.8 Å². The van der Waals surface area contributed by atoms with Crippen LogP contribution < -0.4 is 15.6 Å². The molecular weight excluding hydrogens is 725 g/mol. The highest BCUT2D eigenvalue weighted by molar-refractivity contribution is 8.00. The predicted molar refractivity (Wildman–Crippen MR) is 196 cm³/mol. The number of nitrogens with one attached hydrogen (secondary N) is 1. The Morgan fingerprint density at radius 2 is 1.77 bits per heavy atom. The Hall–Kier alpha value is -6.20. The smallest absolute Gasteiger partial charge is 0.352 e. The van der Waals surface area contributed by atoms with Crippen LogP contribution in [0.1, 0.15) is 30.7 Å². The van der Waals surface area contributed by atoms with Gasteiger partial charge in [0.05, 0.1) is 0 Å². The number of rotatable bonds is 12. The Morgan fingerprint density at radius 1 is 1.06 bits per heavy atom. The number of aliphatic carboxylic acids is 2. The Morgan fingerprint density at radius 3 is 2.40 bits per heavy atom. The van der Waals surface area contributed by atoms with Crippen molar-refractivity contribution in [1.29, 1.82) is 0 Å². The molecular formula is C36H33N6O9S2+. The number of benzene rings is 2. The lowest BCUT2D eigenvalue weighted by Crippen LogP contribution is -2.71. The van der Waals surface area contributed by atoms with Crippen molar-refractivity contribution in [3.05, 3.63) is 107 Å². The molecule has 6 rings (SSSR count). The summed E-state index contributed by atoms with van der Waals surface area (Å²) in [6.07, 6.45) is 7.25. The monoisotopic (exact) mass is 757 g/mol. The van der Waals surface area contributed by atoms with Crippen molar-refractivity contribution in [2.24, 2.45) is 5.16 Å². The Balaban J connectivity index is 1.12. The second kappa shape index (κ2) is 14.8. The average Bonchev–Trinajstić information content (AvgIpc) is 3.56. The number of amides is 2. The molecule has 2 aromatic heterocycles. The maximum absolute atomic E-state index is 13.3. The van der Waals surface area contributed by atoms with E-state index in [1.807, 2.05) is 53.4 Å². The van der Waals surface area contributed by atoms with Gasteiger partial charge in [0.1, 0.15) is 22.8 Å². The number of phenolic OH excluding ortho intramolecular Hbond substituents is 2. The lowest BCUT2D eigenvalue weighted by molar-refractivity contribution is -0.688. The SMILES string of the molecule is CC(C)(O/N=C(\C(=O)N[C@@H]1C(=O)N2C(C(=O)O)=C(/C=C\c3ccc(C[n+]4ccc(-c5ccc(O)c(O)c5)cc4)cc3)CS[C@H]12)c1csc(N)n1)C(=O)O. The van der Waals surface area contributed by atoms with Gasteiger partial charge in [-0.3, -0.25) is 14.5 Å². The van der Waals surface area contributed by atoms with Crippen LogP contribution in [0, 0.1) is 0 Å². The number of phenols is 2. The highest BCUT2D eigenvalue weighted by Gasteiger charge is 2.54. The minimum atomic E-state index is -1.78. The Labute approximate surface area is 310 Å². The molecule has 272 valence electrons. The van der Waals surface area contributed by atoms with Crippen LogP contribution in [0.15, 0.2) is 94.9 Å². The van der Waals surface area contributed by atoms with Crippen LogP contribution in [0.4, 0.5) is 5.13 Å². The van der Waals surface area contributed by atoms with Gasteiger partial charge in [0, 0.05) is 28.8 Å². The number of pyridine rings is 1. The molecule has 0 spiro atoms. The molecule has 2 amide bonds. The Kier molecular flexibility index (Phi) is 10.2. The number of hydrogen-bond acceptors (Lipinski definition) is 12. The fourth-order valence-electron chi connectivity index (χ4n) is 5.38. The molecule has 0 unspecified atom stereocenters. The minimum absolute atomic E-state index is 0.0135. The second-order valence-electron chi connectivity index (χ2n) is 12.5. The first-order valence-corrected chi connectivity index (χ1v) is 17.9. The molecule has 2 aliphatic rings. The summed E-state index contributed by atoms with van der Waals surface area (Å²) in [6.45, 7) is 3.07. The molecule has 0 saturated carbocycles. The molecule has 7 N–H and O–H groups in total. The number of nitrogen functional groups attached to an aromatic ring is 1. The van der Waals surface area contributed by atoms with Crippen molar-refractivity contribution >= 4 is 63.8 Å². The fraction of sp³-hybridized carbons (Fsp3) is 0.194. The predicted octanol–water partition coefficient (Wildman–Crippen LogP) is 3.18. The highest BCUT2D eigenvalue weighted by Crippen LogP contribution is 2.41. The van der Waals surface area contributed by atoms with Crippen LogP contribution >= 0.6 is 23.1 Å². The number of thiazole rings is 1. The summed E-state index contributed by atoms with van der Waals surface area (Å²) < 4.78 is 1.99. The van der Waals surface area contributed by atoms with Gasteiger partial charge < -0.3 is 36.3 Å². The number of fused-ring (bicyclic) bond motifs is 1. The first-order valence-electron chi connectivity index (χ1n) is 15.9. The van der Waals surface area contributed by atoms with Gasteiger partial charge in [-0.1, -0.05) is 47.6 Å². The quantitative estimate of drug-likeness (QED) is 0.0403. The number of oxime groups is 1. The molecule has 0 radical (unpaired) electrons. The molecule has 2 aliphatic heterocycles. The summed E-state index contributed by atoms with van der Waals surface area (Å²) in [7, 11) is 0. The maximum Gasteiger partial charge on any atom is 0.352 e. The summed E-state index contributed by atoms with van der Waals surface area (Å²) in [4.78, 5) is 60.9. The Bertz CT molecular complexity index is 2200. The number of thioether (sulfide) groups is 1. The second-order valence-corrected chi connectivity index (χ2v) is 14.5. The van der Waals surface area contributed by atoms with E-state index in [1.165, 1.54) is 43.1 Å². The molecule has 15 nitrogen and oxygen atoms in total. The van der Waals surface area contributed by atoms with Crippen LogP contribution in [-0.4, -0.2) is 82.5 Å². The topological polar surface area (TPSA) is 229 Å². The van der Waals surface area contributed by atoms with Crippen molar-refractivity contribution in [2.75, 3.05) is 11.5 Å². The standard InChI is InChI=1S/C36H32N6O9S2/c1-36(2,34(49)50)51-40-27(24-18-53-35(37)38-24)30(45)39-28-31(46)42-29(33(47)48)23(17-52-32(28)42)8-7-19-3-5-20(6-4-19)16-41-13-11-21(12-14-41)22-9-10-25(43)26(44)15-22/h3-15,18,28,32H,16-17H2,1-2H3,(H6,37,38,39,44,45,47,48,49,50)/p+1/b8-7-,40-27-/t28-,32-/m1/s1. The third-order valence-corrected chi connectivity index (χ3v) is 10.3. The van der Waals surface area contributed by atoms with Gasteiger partial charge in [0.15, 0.2) is 41.3 Å². The van der Waals surface area contributed by atoms with Crippen LogP contribution in [-0.2, 0) is 30.6 Å². The summed E-state index contributed by atoms with van der Waals surface area (Å²) in [5.74, 6) is -4.26. The number of carbonyl (C=O) groups excluding carboxylic acids is 2. The minimum Gasteiger partial charge on any atom is -0.504 e. The van der Waals surface area contributed by atoms with Crippen molar-refractivity contribution in [3.8, 4) is 22.6 Å². The molecule has 17 heteroatoms. The van der Waals surface area contributed by atoms with E-state index in [4.69, 9.17) is 10.6 Å². The van der Waals surface area contributed by atoms with E-state index in [-0.39, 0.29) is 33.8 Å². The van der Waals surface area contributed by atoms with Gasteiger partial charge >= 0.3 is 11.9 Å². The zero-order valence-electron chi connectivity index (χ0n) is 28.2. The van der Waals surface area contributed by atoms with Crippen LogP contribution in [0.2, 0.25) is 0 Å². The maximum atomic E-state index is 13.3. The van der Waals surface area contributed by atoms with Gasteiger partial charge in [-0.2, -0.15) is 0 Å². The van der Waals surface area contributed by atoms with Crippen molar-refractivity contribution in [3.63, 3.8) is 0 Å². The van der Waals surface area contributed by atoms with Crippen molar-refractivity contribution in [2.45, 2.75) is 37.4 Å². The summed E-state index contributed by atoms with van der Waals surface area (Å²) >= 11 is 2.30. The number of aromatic hydroxyl groups is 2. The fourth-order valence-corrected chi connectivity index (χ4v) is 7.25. The zero-order chi connectivity index (χ0) is 38.0.